The van der Waals surface area contributed by atoms with Crippen molar-refractivity contribution in [1.82, 2.24) is 18.9 Å². The minimum Gasteiger partial charge on any atom is -0.479 e. The Morgan fingerprint density at radius 2 is 0.460 bits per heavy atom. The van der Waals surface area contributed by atoms with E-state index in [-0.39, 0.29) is 0 Å². The molecule has 0 spiro atoms. The number of aliphatic carboxylic acids is 4. The zero-order valence-electron chi connectivity index (χ0n) is 65.6. The number of nitrogens with one attached hydrogen (secondary N) is 4. The first-order valence-electron chi connectivity index (χ1n) is 35.8. The lowest BCUT2D eigenvalue weighted by molar-refractivity contribution is -0.378. The van der Waals surface area contributed by atoms with Crippen LogP contribution in [0, 0.1) is 0 Å². The maximum atomic E-state index is 13.5. The van der Waals surface area contributed by atoms with Gasteiger partial charge in [-0.15, -0.1) is 0 Å². The molecule has 30 N–H and O–H groups in total. The highest BCUT2D eigenvalue weighted by Crippen LogP contribution is 2.42. The molecule has 8 rings (SSSR count). The highest BCUT2D eigenvalue weighted by atomic mass is 32.3. The number of hydrogen-bond acceptors (Lipinski definition) is 59. The molecule has 78 nitrogen and oxygen atoms in total. The Balaban J connectivity index is 1.16. The van der Waals surface area contributed by atoms with Crippen LogP contribution in [0.15, 0.2) is 0 Å². The van der Waals surface area contributed by atoms with Crippen molar-refractivity contribution in [3.63, 3.8) is 0 Å². The first kappa shape index (κ1) is 118. The summed E-state index contributed by atoms with van der Waals surface area (Å²) < 4.78 is 495. The highest BCUT2D eigenvalue weighted by Gasteiger charge is 2.65. The molecule has 89 heteroatoms. The van der Waals surface area contributed by atoms with Gasteiger partial charge >= 0.3 is 138 Å². The molecule has 8 aliphatic heterocycles. The Kier molecular flexibility index (Phi) is 38.5. The molecule has 8 fully saturated rings. The van der Waals surface area contributed by atoms with E-state index in [1.165, 1.54) is 9.44 Å². The number of rotatable bonds is 44. The lowest BCUT2D eigenvalue weighted by Crippen LogP contribution is -2.72. The fourth-order valence-electron chi connectivity index (χ4n) is 13.9. The summed E-state index contributed by atoms with van der Waals surface area (Å²) in [4.78, 5) is 52.0. The molecule has 8 saturated heterocycles. The molecule has 0 aromatic rings. The van der Waals surface area contributed by atoms with Crippen LogP contribution in [0.5, 0.6) is 0 Å². The molecule has 0 aromatic carbocycles. The number of hydrogen-bond donors (Lipinski definition) is 30. The smallest absolute Gasteiger partial charge is 0.397 e. The summed E-state index contributed by atoms with van der Waals surface area (Å²) >= 11 is 0. The third kappa shape index (κ3) is 33.0. The molecule has 800 valence electrons. The van der Waals surface area contributed by atoms with Gasteiger partial charge in [0.1, 0.15) is 158 Å². The van der Waals surface area contributed by atoms with Crippen LogP contribution in [0.25, 0.3) is 0 Å². The molecule has 1 unspecified atom stereocenters. The summed E-state index contributed by atoms with van der Waals surface area (Å²) in [6, 6.07) is -12.4. The first-order valence-corrected chi connectivity index (χ1v) is 51.1. The summed E-state index contributed by atoms with van der Waals surface area (Å²) in [5.41, 5.74) is 0. The topological polar surface area (TPSA) is 1220 Å². The van der Waals surface area contributed by atoms with Crippen LogP contribution in [0.2, 0.25) is 0 Å². The van der Waals surface area contributed by atoms with Gasteiger partial charge in [-0.2, -0.15) is 111 Å². The second-order valence-corrected chi connectivity index (χ2v) is 40.9. The van der Waals surface area contributed by atoms with Crippen molar-refractivity contribution in [1.29, 1.82) is 0 Å². The largest absolute Gasteiger partial charge is 0.479 e. The molecular formula is C48H78N4O74S11. The van der Waals surface area contributed by atoms with E-state index in [1.807, 2.05) is 0 Å². The van der Waals surface area contributed by atoms with Gasteiger partial charge in [-0.3, -0.25) is 50.1 Å². The van der Waals surface area contributed by atoms with Gasteiger partial charge in [0, 0.05) is 0 Å². The lowest BCUT2D eigenvalue weighted by Gasteiger charge is -2.51. The zero-order valence-corrected chi connectivity index (χ0v) is 74.6. The van der Waals surface area contributed by atoms with E-state index in [2.05, 4.69) is 34.0 Å². The molecule has 137 heavy (non-hydrogen) atoms. The molecule has 0 aliphatic carbocycles. The molecule has 0 saturated carbocycles. The van der Waals surface area contributed by atoms with Gasteiger partial charge < -0.3 is 148 Å². The van der Waals surface area contributed by atoms with Crippen molar-refractivity contribution in [2.75, 3.05) is 26.4 Å². The van der Waals surface area contributed by atoms with Gasteiger partial charge in [0.05, 0.1) is 26.4 Å². The number of ether oxygens (including phenoxy) is 15. The number of carboxylic acid groups (broad SMARTS) is 4. The summed E-state index contributed by atoms with van der Waals surface area (Å²) in [7, 11) is -67.5. The van der Waals surface area contributed by atoms with E-state index >= 15 is 0 Å². The molecule has 8 aliphatic rings. The van der Waals surface area contributed by atoms with Crippen molar-refractivity contribution in [2.24, 2.45) is 0 Å². The first-order chi connectivity index (χ1) is 62.1. The Bertz CT molecular complexity index is 5590. The zero-order chi connectivity index (χ0) is 104. The Hall–Kier alpha value is -4.59. The van der Waals surface area contributed by atoms with E-state index in [4.69, 9.17) is 70.9 Å². The van der Waals surface area contributed by atoms with Crippen molar-refractivity contribution >= 4 is 138 Å². The number of aliphatic hydroxyl groups is 11. The summed E-state index contributed by atoms with van der Waals surface area (Å²) in [6.07, 6.45) is -113. The third-order valence-electron chi connectivity index (χ3n) is 19.2. The van der Waals surface area contributed by atoms with Crippen LogP contribution >= 0.6 is 0 Å². The predicted octanol–water partition coefficient (Wildman–Crippen LogP) is -21.7. The highest BCUT2D eigenvalue weighted by molar-refractivity contribution is 7.85. The Morgan fingerprint density at radius 3 is 0.766 bits per heavy atom. The van der Waals surface area contributed by atoms with Crippen LogP contribution in [-0.2, 0) is 234 Å². The number of carboxylic acids is 4. The normalized spacial score (nSPS) is 40.2. The second kappa shape index (κ2) is 44.8. The van der Waals surface area contributed by atoms with Gasteiger partial charge in [0.2, 0.25) is 0 Å². The van der Waals surface area contributed by atoms with Crippen LogP contribution in [-0.4, -0.2) is 515 Å². The van der Waals surface area contributed by atoms with Gasteiger partial charge in [0.25, 0.3) is 0 Å². The molecular weight excluding hydrogens is 2170 g/mol. The second-order valence-electron chi connectivity index (χ2n) is 28.6. The summed E-state index contributed by atoms with van der Waals surface area (Å²) in [5, 5.41) is 165. The SMILES string of the molecule is O=C(O)[C@H]1O[C@@H](O[C@H]2[C@H](OS(=O)(=O)O)[C@@H](NS(=O)(=O)O)[C@@H](O[C@H]3[C@H](O)[C@@H](OS(=O)(=O)O)[C@H](O[C@H]4[C@H](O)[C@@H](NS(=O)(=O)O)[C@@H](O[C@H]5[C@H](O)[C@@H](OS(=O)(=O)O)[C@H](O[C@H]6[C@H](O)[C@@H](NS(=O)(=O)O)[C@@H](O[C@H]7[C@H](O)[C@@H](O)C(O)O[C@@H]7C(=O)O)O[C@@H]6COS(=O)(=O)O)O[C@@H]5C(=O)O)O[C@@H]4COS(=O)(=O)O)O[C@@H]3C(=O)O)O[C@@H]2COS(=O)(=O)O)[C@H](O)[C@@H](O)[C@@H]1O[C@H]1O[C@H](COS(=O)(=O)O)[C@@H](O)[C@H](O)[C@H]1NS(=O)(=O)O. The summed E-state index contributed by atoms with van der Waals surface area (Å²) in [6.45, 7) is -7.86. The average Bonchev–Trinajstić information content (AvgIpc) is 0.755. The molecule has 40 atom stereocenters. The number of carbonyl (C=O) groups is 4. The van der Waals surface area contributed by atoms with Gasteiger partial charge in [-0.1, -0.05) is 0 Å². The van der Waals surface area contributed by atoms with Crippen molar-refractivity contribution in [3.05, 3.63) is 0 Å². The predicted molar refractivity (Wildman–Crippen MR) is 389 cm³/mol. The fourth-order valence-corrected chi connectivity index (χ4v) is 19.0. The maximum absolute atomic E-state index is 13.5. The minimum absolute atomic E-state index is 1.01. The van der Waals surface area contributed by atoms with E-state index in [9.17, 15) is 234 Å². The number of aliphatic hydroxyl groups excluding tert-OH is 11. The Morgan fingerprint density at radius 1 is 0.219 bits per heavy atom. The Labute approximate surface area is 763 Å². The maximum Gasteiger partial charge on any atom is 0.397 e. The van der Waals surface area contributed by atoms with Crippen LogP contribution < -0.4 is 18.9 Å². The van der Waals surface area contributed by atoms with Gasteiger partial charge in [0.15, 0.2) is 86.9 Å². The standard InChI is InChI=1S/C48H78N4O74S11/c53-13-5(1-105-131(84,85)86)109-42(9(14(13)54)49-127(72,73)74)118-28-18(58)20(60)46(121-34(28)38(65)66)116-25-8(4-108-134(93,94)95)112-45(12(52-130(81,82)83)26(25)124-135(96,97)98)120-30-22(62)32(126-137(102,103)104)48(123-36(30)40(69)70)115-24-7(3-107-133(90,91)92)111-44(11(16(24)56)51-129(78,79)80)119-29-21(61)31(125-136(99,100)101)47(122-35(29)39(67)68)114-23-6(2-106-132(87,88)89)110-43(10(15(23)55)50-128(75,76)77)117-27-17(57)19(59)41(71)113-33(27)37(63)64/h5-36,41-62,71H,1-4H2,(H,63,64)(H,65,66)(H,67,68)(H,69,70)(H,72,73,74)(H,75,76,77)(H,78,79,80)(H,81,82,83)(H,84,85,86)(H,87,88,89)(H,90,91,92)(H,93,94,95)(H,96,97,98)(H,99,100,101)(H,102,103,104)/t5-,6-,7-,8-,9-,10-,11-,12-,13-,14-,15-,16-,17-,18-,19-,20-,21+,22+,23-,24-,25-,26-,27+,28+,29+,30+,31-,32-,33+,34+,35+,36+,41?,42-,43-,44-,45-,46-,47-,48-/m1/s1. The molecule has 0 amide bonds. The fraction of sp³-hybridized carbons (Fsp3) is 0.917. The van der Waals surface area contributed by atoms with Gasteiger partial charge in [-0.05, 0) is 0 Å². The van der Waals surface area contributed by atoms with Crippen molar-refractivity contribution in [2.45, 2.75) is 245 Å². The van der Waals surface area contributed by atoms with E-state index in [0.29, 0.717) is 0 Å². The van der Waals surface area contributed by atoms with Crippen molar-refractivity contribution < 1.29 is 339 Å². The van der Waals surface area contributed by atoms with Crippen LogP contribution in [0.3, 0.4) is 0 Å². The van der Waals surface area contributed by atoms with Crippen LogP contribution in [0.4, 0.5) is 0 Å². The van der Waals surface area contributed by atoms with Crippen LogP contribution in [0.1, 0.15) is 0 Å². The molecule has 0 aromatic heterocycles. The van der Waals surface area contributed by atoms with E-state index in [1.54, 1.807) is 0 Å². The van der Waals surface area contributed by atoms with E-state index in [0.717, 1.165) is 9.44 Å². The third-order valence-corrected chi connectivity index (χ3v) is 24.6. The molecule has 8 heterocycles. The van der Waals surface area contributed by atoms with Crippen molar-refractivity contribution in [3.8, 4) is 0 Å². The summed E-state index contributed by atoms with van der Waals surface area (Å²) in [5.74, 6) is -10.2. The lowest BCUT2D eigenvalue weighted by atomic mass is 9.94. The minimum atomic E-state index is -6.57. The molecule has 0 radical (unpaired) electrons. The van der Waals surface area contributed by atoms with E-state index < -0.39 is 410 Å². The quantitative estimate of drug-likeness (QED) is 0.0252. The monoisotopic (exact) mass is 2250 g/mol. The molecule has 0 bridgehead atoms. The van der Waals surface area contributed by atoms with Gasteiger partial charge in [-0.25, -0.2) is 48.5 Å². The average molecular weight is 2250 g/mol.